The fourth-order valence-corrected chi connectivity index (χ4v) is 3.24. The molecular weight excluding hydrogens is 276 g/mol. The van der Waals surface area contributed by atoms with Crippen LogP contribution < -0.4 is 0 Å². The molecule has 4 nitrogen and oxygen atoms in total. The molecule has 126 valence electrons. The first-order chi connectivity index (χ1) is 10.3. The number of piperidine rings is 1. The zero-order chi connectivity index (χ0) is 16.3. The molecule has 0 atom stereocenters. The van der Waals surface area contributed by atoms with Gasteiger partial charge in [-0.1, -0.05) is 27.7 Å². The van der Waals surface area contributed by atoms with Gasteiger partial charge in [0, 0.05) is 37.5 Å². The number of hydrogen-bond donors (Lipinski definition) is 0. The molecule has 0 unspecified atom stereocenters. The van der Waals surface area contributed by atoms with Crippen molar-refractivity contribution in [3.8, 4) is 0 Å². The molecule has 0 radical (unpaired) electrons. The second kappa shape index (κ2) is 7.01. The topological polar surface area (TPSA) is 40.6 Å². The highest BCUT2D eigenvalue weighted by atomic mass is 16.2. The molecule has 1 aliphatic carbocycles. The predicted octanol–water partition coefficient (Wildman–Crippen LogP) is 2.92. The van der Waals surface area contributed by atoms with Crippen LogP contribution in [0, 0.1) is 17.3 Å². The monoisotopic (exact) mass is 308 g/mol. The minimum atomic E-state index is -0.322. The summed E-state index contributed by atoms with van der Waals surface area (Å²) in [5.74, 6) is 1.41. The Bertz CT molecular complexity index is 402. The van der Waals surface area contributed by atoms with Gasteiger partial charge in [-0.05, 0) is 38.0 Å². The number of carbonyl (C=O) groups is 2. The van der Waals surface area contributed by atoms with Gasteiger partial charge in [0.25, 0.3) is 0 Å². The molecule has 2 fully saturated rings. The Hall–Kier alpha value is -1.06. The van der Waals surface area contributed by atoms with E-state index in [1.54, 1.807) is 0 Å². The number of likely N-dealkylation sites (tertiary alicyclic amines) is 1. The van der Waals surface area contributed by atoms with Gasteiger partial charge >= 0.3 is 0 Å². The molecule has 1 aliphatic heterocycles. The van der Waals surface area contributed by atoms with Crippen molar-refractivity contribution < 1.29 is 9.59 Å². The van der Waals surface area contributed by atoms with Crippen molar-refractivity contribution in [2.24, 2.45) is 17.3 Å². The molecule has 0 aromatic rings. The van der Waals surface area contributed by atoms with E-state index in [1.807, 2.05) is 25.7 Å². The van der Waals surface area contributed by atoms with Gasteiger partial charge in [-0.2, -0.15) is 0 Å². The fourth-order valence-electron chi connectivity index (χ4n) is 3.24. The van der Waals surface area contributed by atoms with E-state index in [0.29, 0.717) is 5.91 Å². The summed E-state index contributed by atoms with van der Waals surface area (Å²) in [5, 5.41) is 0. The Morgan fingerprint density at radius 2 is 1.68 bits per heavy atom. The van der Waals surface area contributed by atoms with Gasteiger partial charge in [-0.15, -0.1) is 0 Å². The van der Waals surface area contributed by atoms with E-state index in [1.165, 1.54) is 12.8 Å². The Morgan fingerprint density at radius 1 is 1.09 bits per heavy atom. The Kier molecular flexibility index (Phi) is 5.51. The van der Waals surface area contributed by atoms with E-state index in [9.17, 15) is 9.59 Å². The van der Waals surface area contributed by atoms with Crippen LogP contribution in [-0.4, -0.2) is 47.8 Å². The van der Waals surface area contributed by atoms with Crippen LogP contribution in [0.2, 0.25) is 0 Å². The van der Waals surface area contributed by atoms with Gasteiger partial charge in [0.15, 0.2) is 0 Å². The molecule has 4 heteroatoms. The molecule has 0 N–H and O–H groups in total. The van der Waals surface area contributed by atoms with E-state index in [0.717, 1.165) is 51.4 Å². The first-order valence-corrected chi connectivity index (χ1v) is 8.91. The lowest BCUT2D eigenvalue weighted by Crippen LogP contribution is -2.47. The molecule has 0 bridgehead atoms. The fraction of sp³-hybridized carbons (Fsp3) is 0.889. The van der Waals surface area contributed by atoms with Gasteiger partial charge in [0.1, 0.15) is 0 Å². The van der Waals surface area contributed by atoms with Crippen molar-refractivity contribution in [2.45, 2.75) is 59.8 Å². The van der Waals surface area contributed by atoms with E-state index < -0.39 is 0 Å². The van der Waals surface area contributed by atoms with Crippen LogP contribution in [0.4, 0.5) is 0 Å². The van der Waals surface area contributed by atoms with Crippen LogP contribution in [0.3, 0.4) is 0 Å². The minimum Gasteiger partial charge on any atom is -0.342 e. The highest BCUT2D eigenvalue weighted by Crippen LogP contribution is 2.31. The van der Waals surface area contributed by atoms with Crippen LogP contribution in [0.25, 0.3) is 0 Å². The highest BCUT2D eigenvalue weighted by molar-refractivity contribution is 5.82. The average Bonchev–Trinajstić information content (AvgIpc) is 3.28. The van der Waals surface area contributed by atoms with Crippen molar-refractivity contribution in [2.75, 3.05) is 26.2 Å². The van der Waals surface area contributed by atoms with Crippen LogP contribution in [-0.2, 0) is 9.59 Å². The summed E-state index contributed by atoms with van der Waals surface area (Å²) in [6.07, 6.45) is 5.24. The normalized spacial score (nSPS) is 20.1. The average molecular weight is 308 g/mol. The lowest BCUT2D eigenvalue weighted by Gasteiger charge is -2.37. The number of nitrogens with zero attached hydrogens (tertiary/aromatic N) is 2. The van der Waals surface area contributed by atoms with Crippen molar-refractivity contribution >= 4 is 11.8 Å². The van der Waals surface area contributed by atoms with Crippen molar-refractivity contribution in [1.82, 2.24) is 9.80 Å². The summed E-state index contributed by atoms with van der Waals surface area (Å²) in [5.41, 5.74) is -0.322. The predicted molar refractivity (Wildman–Crippen MR) is 88.4 cm³/mol. The van der Waals surface area contributed by atoms with Gasteiger partial charge in [0.2, 0.25) is 11.8 Å². The van der Waals surface area contributed by atoms with E-state index in [4.69, 9.17) is 0 Å². The molecule has 22 heavy (non-hydrogen) atoms. The second-order valence-electron chi connectivity index (χ2n) is 8.04. The first-order valence-electron chi connectivity index (χ1n) is 8.91. The van der Waals surface area contributed by atoms with Gasteiger partial charge in [0.05, 0.1) is 0 Å². The number of carbonyl (C=O) groups excluding carboxylic acids is 2. The molecule has 2 rings (SSSR count). The van der Waals surface area contributed by atoms with E-state index >= 15 is 0 Å². The third-order valence-corrected chi connectivity index (χ3v) is 4.75. The summed E-state index contributed by atoms with van der Waals surface area (Å²) >= 11 is 0. The third kappa shape index (κ3) is 4.47. The SMILES string of the molecule is CCCN(CC1CC1)C(=O)C1CCN(C(=O)C(C)(C)C)CC1. The maximum Gasteiger partial charge on any atom is 0.227 e. The number of hydrogen-bond acceptors (Lipinski definition) is 2. The summed E-state index contributed by atoms with van der Waals surface area (Å²) < 4.78 is 0. The third-order valence-electron chi connectivity index (χ3n) is 4.75. The second-order valence-corrected chi connectivity index (χ2v) is 8.04. The maximum absolute atomic E-state index is 12.7. The molecule has 2 amide bonds. The summed E-state index contributed by atoms with van der Waals surface area (Å²) in [6, 6.07) is 0. The van der Waals surface area contributed by atoms with Gasteiger partial charge in [-0.3, -0.25) is 9.59 Å². The molecule has 0 spiro atoms. The maximum atomic E-state index is 12.7. The number of rotatable bonds is 5. The molecule has 0 aromatic heterocycles. The molecular formula is C18H32N2O2. The molecule has 2 aliphatic rings. The largest absolute Gasteiger partial charge is 0.342 e. The van der Waals surface area contributed by atoms with E-state index in [2.05, 4.69) is 11.8 Å². The number of amides is 2. The lowest BCUT2D eigenvalue weighted by atomic mass is 9.90. The molecule has 1 heterocycles. The molecule has 1 saturated carbocycles. The zero-order valence-corrected chi connectivity index (χ0v) is 14.7. The smallest absolute Gasteiger partial charge is 0.227 e. The summed E-state index contributed by atoms with van der Waals surface area (Å²) in [7, 11) is 0. The van der Waals surface area contributed by atoms with Crippen molar-refractivity contribution in [3.63, 3.8) is 0 Å². The Morgan fingerprint density at radius 3 is 2.14 bits per heavy atom. The summed E-state index contributed by atoms with van der Waals surface area (Å²) in [4.78, 5) is 29.1. The van der Waals surface area contributed by atoms with Gasteiger partial charge in [-0.25, -0.2) is 0 Å². The lowest BCUT2D eigenvalue weighted by molar-refractivity contribution is -0.145. The van der Waals surface area contributed by atoms with Crippen LogP contribution in [0.5, 0.6) is 0 Å². The van der Waals surface area contributed by atoms with Crippen LogP contribution in [0.1, 0.15) is 59.8 Å². The van der Waals surface area contributed by atoms with Crippen LogP contribution >= 0.6 is 0 Å². The van der Waals surface area contributed by atoms with Crippen molar-refractivity contribution in [1.29, 1.82) is 0 Å². The molecule has 0 aromatic carbocycles. The Labute approximate surface area is 135 Å². The quantitative estimate of drug-likeness (QED) is 0.783. The zero-order valence-electron chi connectivity index (χ0n) is 14.7. The standard InChI is InChI=1S/C18H32N2O2/c1-5-10-20(13-14-6-7-14)16(21)15-8-11-19(12-9-15)17(22)18(2,3)4/h14-15H,5-13H2,1-4H3. The first kappa shape index (κ1) is 17.3. The van der Waals surface area contributed by atoms with Crippen molar-refractivity contribution in [3.05, 3.63) is 0 Å². The van der Waals surface area contributed by atoms with Gasteiger partial charge < -0.3 is 9.80 Å². The van der Waals surface area contributed by atoms with E-state index in [-0.39, 0.29) is 17.2 Å². The van der Waals surface area contributed by atoms with Crippen LogP contribution in [0.15, 0.2) is 0 Å². The highest BCUT2D eigenvalue weighted by Gasteiger charge is 2.35. The molecule has 1 saturated heterocycles. The Balaban J connectivity index is 1.86. The summed E-state index contributed by atoms with van der Waals surface area (Å²) in [6.45, 7) is 11.3. The minimum absolute atomic E-state index is 0.120.